The van der Waals surface area contributed by atoms with Crippen LogP contribution < -0.4 is 4.74 Å². The van der Waals surface area contributed by atoms with Crippen LogP contribution in [0.15, 0.2) is 28.8 Å². The van der Waals surface area contributed by atoms with Crippen molar-refractivity contribution >= 4 is 5.91 Å². The lowest BCUT2D eigenvalue weighted by molar-refractivity contribution is -0.000360. The van der Waals surface area contributed by atoms with Crippen molar-refractivity contribution in [3.8, 4) is 5.75 Å². The fourth-order valence-electron chi connectivity index (χ4n) is 3.97. The first kappa shape index (κ1) is 19.0. The lowest BCUT2D eigenvalue weighted by Gasteiger charge is -2.26. The van der Waals surface area contributed by atoms with Gasteiger partial charge in [-0.1, -0.05) is 11.2 Å². The van der Waals surface area contributed by atoms with Gasteiger partial charge in [-0.3, -0.25) is 4.79 Å². The second-order valence-electron chi connectivity index (χ2n) is 7.78. The monoisotopic (exact) mass is 384 g/mol. The molecule has 4 rings (SSSR count). The highest BCUT2D eigenvalue weighted by molar-refractivity contribution is 5.92. The summed E-state index contributed by atoms with van der Waals surface area (Å²) in [6.45, 7) is 1.61. The first-order valence-electron chi connectivity index (χ1n) is 10.3. The van der Waals surface area contributed by atoms with Gasteiger partial charge in [-0.15, -0.1) is 0 Å². The zero-order valence-electron chi connectivity index (χ0n) is 16.5. The Labute approximate surface area is 165 Å². The van der Waals surface area contributed by atoms with Gasteiger partial charge in [-0.25, -0.2) is 0 Å². The summed E-state index contributed by atoms with van der Waals surface area (Å²) < 4.78 is 16.9. The number of aryl methyl sites for hydroxylation is 2. The largest absolute Gasteiger partial charge is 0.486 e. The normalized spacial score (nSPS) is 19.1. The smallest absolute Gasteiger partial charge is 0.275 e. The molecule has 0 saturated carbocycles. The van der Waals surface area contributed by atoms with Gasteiger partial charge in [0.15, 0.2) is 11.5 Å². The first-order valence-corrected chi connectivity index (χ1v) is 10.3. The minimum absolute atomic E-state index is 0.112. The Morgan fingerprint density at radius 1 is 1.18 bits per heavy atom. The number of benzene rings is 1. The number of nitrogens with zero attached hydrogens (tertiary/aromatic N) is 2. The van der Waals surface area contributed by atoms with E-state index in [-0.39, 0.29) is 18.6 Å². The minimum atomic E-state index is -0.155. The van der Waals surface area contributed by atoms with Gasteiger partial charge in [0.2, 0.25) is 0 Å². The van der Waals surface area contributed by atoms with Gasteiger partial charge >= 0.3 is 0 Å². The topological polar surface area (TPSA) is 64.8 Å². The molecule has 150 valence electrons. The predicted molar refractivity (Wildman–Crippen MR) is 104 cm³/mol. The van der Waals surface area contributed by atoms with Crippen LogP contribution in [0.25, 0.3) is 0 Å². The highest BCUT2D eigenvalue weighted by atomic mass is 16.5. The summed E-state index contributed by atoms with van der Waals surface area (Å²) in [4.78, 5) is 14.2. The molecule has 28 heavy (non-hydrogen) atoms. The summed E-state index contributed by atoms with van der Waals surface area (Å²) in [5.74, 6) is 1.22. The molecule has 0 bridgehead atoms. The fourth-order valence-corrected chi connectivity index (χ4v) is 3.97. The van der Waals surface area contributed by atoms with E-state index in [2.05, 4.69) is 17.3 Å². The van der Waals surface area contributed by atoms with E-state index in [0.717, 1.165) is 44.5 Å². The lowest BCUT2D eigenvalue weighted by Crippen LogP contribution is -2.37. The SMILES string of the molecule is CN(CC1CCCCO1)C(=O)c1cc(COc2ccc3c(c2)CCCC3)on1. The summed E-state index contributed by atoms with van der Waals surface area (Å²) in [6.07, 6.45) is 8.14. The molecule has 6 nitrogen and oxygen atoms in total. The number of amides is 1. The van der Waals surface area contributed by atoms with E-state index in [1.54, 1.807) is 18.0 Å². The number of hydrogen-bond donors (Lipinski definition) is 0. The molecule has 1 aliphatic heterocycles. The van der Waals surface area contributed by atoms with Crippen molar-refractivity contribution < 1.29 is 18.8 Å². The quantitative estimate of drug-likeness (QED) is 0.758. The molecule has 0 spiro atoms. The Hall–Kier alpha value is -2.34. The molecule has 0 N–H and O–H groups in total. The number of rotatable bonds is 6. The summed E-state index contributed by atoms with van der Waals surface area (Å²) in [5.41, 5.74) is 3.11. The Bertz CT molecular complexity index is 811. The Morgan fingerprint density at radius 3 is 2.86 bits per heavy atom. The van der Waals surface area contributed by atoms with Crippen LogP contribution in [0.4, 0.5) is 0 Å². The van der Waals surface area contributed by atoms with E-state index in [1.807, 2.05) is 6.07 Å². The van der Waals surface area contributed by atoms with Crippen LogP contribution in [0.1, 0.15) is 59.5 Å². The van der Waals surface area contributed by atoms with Crippen LogP contribution in [0.5, 0.6) is 5.75 Å². The maximum atomic E-state index is 12.6. The van der Waals surface area contributed by atoms with E-state index >= 15 is 0 Å². The number of carbonyl (C=O) groups is 1. The fraction of sp³-hybridized carbons (Fsp3) is 0.545. The molecule has 0 radical (unpaired) electrons. The van der Waals surface area contributed by atoms with Crippen molar-refractivity contribution in [3.63, 3.8) is 0 Å². The van der Waals surface area contributed by atoms with E-state index in [4.69, 9.17) is 14.0 Å². The van der Waals surface area contributed by atoms with E-state index in [1.165, 1.54) is 24.0 Å². The lowest BCUT2D eigenvalue weighted by atomic mass is 9.92. The van der Waals surface area contributed by atoms with E-state index < -0.39 is 0 Å². The van der Waals surface area contributed by atoms with Gasteiger partial charge in [0, 0.05) is 26.3 Å². The number of fused-ring (bicyclic) bond motifs is 1. The van der Waals surface area contributed by atoms with E-state index in [9.17, 15) is 4.79 Å². The average molecular weight is 384 g/mol. The molecule has 6 heteroatoms. The second-order valence-corrected chi connectivity index (χ2v) is 7.78. The summed E-state index contributed by atoms with van der Waals surface area (Å²) >= 11 is 0. The van der Waals surface area contributed by atoms with Crippen molar-refractivity contribution in [1.82, 2.24) is 10.1 Å². The number of aromatic nitrogens is 1. The van der Waals surface area contributed by atoms with Crippen LogP contribution in [0.2, 0.25) is 0 Å². The van der Waals surface area contributed by atoms with Gasteiger partial charge in [0.1, 0.15) is 12.4 Å². The first-order chi connectivity index (χ1) is 13.7. The third kappa shape index (κ3) is 4.55. The number of hydrogen-bond acceptors (Lipinski definition) is 5. The zero-order valence-corrected chi connectivity index (χ0v) is 16.5. The summed E-state index contributed by atoms with van der Waals surface area (Å²) in [5, 5.41) is 3.93. The highest BCUT2D eigenvalue weighted by Crippen LogP contribution is 2.26. The minimum Gasteiger partial charge on any atom is -0.486 e. The number of carbonyl (C=O) groups excluding carboxylic acids is 1. The molecule has 1 saturated heterocycles. The third-order valence-electron chi connectivity index (χ3n) is 5.58. The molecule has 1 aromatic heterocycles. The predicted octanol–water partition coefficient (Wildman–Crippen LogP) is 3.77. The van der Waals surface area contributed by atoms with Gasteiger partial charge in [0.25, 0.3) is 5.91 Å². The average Bonchev–Trinajstić information content (AvgIpc) is 3.21. The van der Waals surface area contributed by atoms with Crippen molar-refractivity contribution in [2.75, 3.05) is 20.2 Å². The molecule has 1 unspecified atom stereocenters. The maximum absolute atomic E-state index is 12.6. The molecule has 1 aliphatic carbocycles. The van der Waals surface area contributed by atoms with Crippen molar-refractivity contribution in [2.24, 2.45) is 0 Å². The number of likely N-dealkylation sites (N-methyl/N-ethyl adjacent to an activating group) is 1. The molecule has 2 heterocycles. The van der Waals surface area contributed by atoms with Crippen LogP contribution in [0.3, 0.4) is 0 Å². The second kappa shape index (κ2) is 8.78. The van der Waals surface area contributed by atoms with Crippen molar-refractivity contribution in [3.05, 3.63) is 46.8 Å². The standard InChI is InChI=1S/C22H28N2O4/c1-24(14-19-8-4-5-11-26-19)22(25)21-13-20(28-23-21)15-27-18-10-9-16-6-2-3-7-17(16)12-18/h9-10,12-13,19H,2-8,11,14-15H2,1H3. The molecule has 2 aromatic rings. The number of ether oxygens (including phenoxy) is 2. The molecular formula is C22H28N2O4. The molecule has 1 aromatic carbocycles. The van der Waals surface area contributed by atoms with Gasteiger partial charge in [-0.2, -0.15) is 0 Å². The molecule has 2 aliphatic rings. The van der Waals surface area contributed by atoms with Gasteiger partial charge in [-0.05, 0) is 68.2 Å². The van der Waals surface area contributed by atoms with Gasteiger partial charge < -0.3 is 18.9 Å². The van der Waals surface area contributed by atoms with E-state index in [0.29, 0.717) is 18.0 Å². The van der Waals surface area contributed by atoms with Crippen LogP contribution >= 0.6 is 0 Å². The summed E-state index contributed by atoms with van der Waals surface area (Å²) in [6, 6.07) is 7.94. The Morgan fingerprint density at radius 2 is 2.04 bits per heavy atom. The molecular weight excluding hydrogens is 356 g/mol. The Balaban J connectivity index is 1.31. The molecule has 1 atom stereocenters. The highest BCUT2D eigenvalue weighted by Gasteiger charge is 2.22. The maximum Gasteiger partial charge on any atom is 0.275 e. The van der Waals surface area contributed by atoms with Crippen LogP contribution in [-0.2, 0) is 24.2 Å². The van der Waals surface area contributed by atoms with Crippen LogP contribution in [0, 0.1) is 0 Å². The zero-order chi connectivity index (χ0) is 19.3. The van der Waals surface area contributed by atoms with Gasteiger partial charge in [0.05, 0.1) is 6.10 Å². The molecule has 1 amide bonds. The van der Waals surface area contributed by atoms with Crippen molar-refractivity contribution in [1.29, 1.82) is 0 Å². The molecule has 1 fully saturated rings. The Kier molecular flexibility index (Phi) is 5.95. The van der Waals surface area contributed by atoms with Crippen LogP contribution in [-0.4, -0.2) is 42.3 Å². The van der Waals surface area contributed by atoms with Crippen molar-refractivity contribution in [2.45, 2.75) is 57.7 Å². The summed E-state index contributed by atoms with van der Waals surface area (Å²) in [7, 11) is 1.78. The third-order valence-corrected chi connectivity index (χ3v) is 5.58.